The van der Waals surface area contributed by atoms with Crippen molar-refractivity contribution < 1.29 is 41.0 Å². The summed E-state index contributed by atoms with van der Waals surface area (Å²) >= 11 is 1.78. The van der Waals surface area contributed by atoms with Crippen LogP contribution in [0.5, 0.6) is 0 Å². The highest BCUT2D eigenvalue weighted by molar-refractivity contribution is 7.89. The Hall–Kier alpha value is -4.22. The predicted molar refractivity (Wildman–Crippen MR) is 202 cm³/mol. The lowest BCUT2D eigenvalue weighted by molar-refractivity contribution is -0.156. The summed E-state index contributed by atoms with van der Waals surface area (Å²) in [5.41, 5.74) is 1.22. The first-order chi connectivity index (χ1) is 25.5. The highest BCUT2D eigenvalue weighted by Gasteiger charge is 2.46. The van der Waals surface area contributed by atoms with Crippen LogP contribution < -0.4 is 5.32 Å². The van der Waals surface area contributed by atoms with E-state index >= 15 is 0 Å². The van der Waals surface area contributed by atoms with Crippen LogP contribution in [0.2, 0.25) is 0 Å². The second-order valence-corrected chi connectivity index (χ2v) is 17.8. The smallest absolute Gasteiger partial charge is 0.407 e. The molecular weight excluding hydrogens is 762 g/mol. The molecule has 0 radical (unpaired) electrons. The van der Waals surface area contributed by atoms with E-state index in [1.54, 1.807) is 66.7 Å². The Labute approximate surface area is 320 Å². The number of hydrogen-bond acceptors (Lipinski definition) is 10. The first-order valence-corrected chi connectivity index (χ1v) is 20.0. The Morgan fingerprint density at radius 2 is 1.54 bits per heavy atom. The molecule has 2 N–H and O–H groups in total. The van der Waals surface area contributed by atoms with Gasteiger partial charge in [0.15, 0.2) is 5.78 Å². The molecule has 0 aliphatic heterocycles. The molecule has 0 aliphatic carbocycles. The molecule has 2 aromatic heterocycles. The van der Waals surface area contributed by atoms with Crippen LogP contribution in [0.3, 0.4) is 0 Å². The number of fused-ring (bicyclic) bond motifs is 1. The average Bonchev–Trinajstić information content (AvgIpc) is 3.81. The van der Waals surface area contributed by atoms with Gasteiger partial charge in [0.1, 0.15) is 11.6 Å². The number of benzene rings is 3. The number of aliphatic hydroxyl groups is 1. The van der Waals surface area contributed by atoms with Gasteiger partial charge in [0.2, 0.25) is 10.0 Å². The number of carbonyl (C=O) groups is 2. The van der Waals surface area contributed by atoms with E-state index in [-0.39, 0.29) is 26.6 Å². The number of carbonyl (C=O) groups excluding carboxylic acids is 2. The number of alkyl carbamates (subject to hydrolysis) is 1. The lowest BCUT2D eigenvalue weighted by atomic mass is 9.81. The molecule has 2 heterocycles. The lowest BCUT2D eigenvalue weighted by Gasteiger charge is -2.31. The number of ether oxygens (including phenoxy) is 1. The van der Waals surface area contributed by atoms with E-state index in [1.807, 2.05) is 20.8 Å². The Kier molecular flexibility index (Phi) is 12.9. The summed E-state index contributed by atoms with van der Waals surface area (Å²) in [6.07, 6.45) is -6.56. The molecule has 0 spiro atoms. The van der Waals surface area contributed by atoms with E-state index in [2.05, 4.69) is 14.9 Å². The minimum absolute atomic E-state index is 0.0416. The van der Waals surface area contributed by atoms with Crippen molar-refractivity contribution in [3.8, 4) is 0 Å². The molecule has 5 aromatic rings. The maximum absolute atomic E-state index is 15.0. The number of hydrogen-bond donors (Lipinski definition) is 2. The Morgan fingerprint density at radius 1 is 0.926 bits per heavy atom. The molecule has 16 heteroatoms. The quantitative estimate of drug-likeness (QED) is 0.108. The van der Waals surface area contributed by atoms with Crippen LogP contribution in [0.15, 0.2) is 95.9 Å². The zero-order chi connectivity index (χ0) is 39.3. The van der Waals surface area contributed by atoms with Gasteiger partial charge in [0.05, 0.1) is 35.3 Å². The molecular formula is C38H41F3N4O6S3. The van der Waals surface area contributed by atoms with Gasteiger partial charge in [-0.15, -0.1) is 16.4 Å². The van der Waals surface area contributed by atoms with Gasteiger partial charge in [0, 0.05) is 28.6 Å². The van der Waals surface area contributed by atoms with Crippen molar-refractivity contribution in [2.45, 2.75) is 68.6 Å². The number of methoxy groups -OCH3 is 1. The fourth-order valence-electron chi connectivity index (χ4n) is 6.14. The summed E-state index contributed by atoms with van der Waals surface area (Å²) in [5.74, 6) is -4.06. The second-order valence-electron chi connectivity index (χ2n) is 13.9. The largest absolute Gasteiger partial charge is 0.453 e. The number of sulfonamides is 1. The molecule has 0 unspecified atom stereocenters. The maximum Gasteiger partial charge on any atom is 0.407 e. The van der Waals surface area contributed by atoms with Crippen molar-refractivity contribution in [1.29, 1.82) is 0 Å². The van der Waals surface area contributed by atoms with E-state index in [9.17, 15) is 36.3 Å². The number of nitrogens with zero attached hydrogens (tertiary/aromatic N) is 3. The van der Waals surface area contributed by atoms with E-state index in [0.717, 1.165) is 22.9 Å². The Bertz CT molecular complexity index is 2100. The fourth-order valence-corrected chi connectivity index (χ4v) is 9.61. The number of alkyl halides is 3. The second kappa shape index (κ2) is 17.1. The summed E-state index contributed by atoms with van der Waals surface area (Å²) in [4.78, 5) is 26.6. The number of rotatable bonds is 15. The van der Waals surface area contributed by atoms with Crippen LogP contribution in [0.25, 0.3) is 10.2 Å². The molecule has 5 rings (SSSR count). The summed E-state index contributed by atoms with van der Waals surface area (Å²) in [6.45, 7) is 5.01. The number of aromatic nitrogens is 2. The van der Waals surface area contributed by atoms with Gasteiger partial charge in [-0.2, -0.15) is 17.5 Å². The van der Waals surface area contributed by atoms with Crippen LogP contribution in [0.1, 0.15) is 72.4 Å². The summed E-state index contributed by atoms with van der Waals surface area (Å²) in [6, 6.07) is 21.6. The standard InChI is InChI=1S/C38H41F3N4O6S3/c1-37(2,3)19-20-45(54(49,50)26-15-16-32-28(21-26)43-44-53-32)29(23-46)33-18-17-31(52-33)27(38(39,40)41)22-30(47)35(42-36(48)51-4)34(24-11-7-5-8-12-24)25-13-9-6-10-14-25/h5-18,21,27,29,34-35,46H,19-20,22-23H2,1-4H3,(H,42,48)/t27-,29-,35-/m1/s1. The van der Waals surface area contributed by atoms with Crippen molar-refractivity contribution in [3.63, 3.8) is 0 Å². The van der Waals surface area contributed by atoms with E-state index in [0.29, 0.717) is 39.1 Å². The van der Waals surface area contributed by atoms with E-state index in [1.165, 1.54) is 24.3 Å². The number of thiophene rings is 1. The molecule has 0 saturated heterocycles. The molecule has 3 aromatic carbocycles. The maximum atomic E-state index is 15.0. The summed E-state index contributed by atoms with van der Waals surface area (Å²) in [7, 11) is -3.21. The zero-order valence-corrected chi connectivity index (χ0v) is 32.4. The Morgan fingerprint density at radius 3 is 2.09 bits per heavy atom. The van der Waals surface area contributed by atoms with Gasteiger partial charge in [-0.1, -0.05) is 85.9 Å². The summed E-state index contributed by atoms with van der Waals surface area (Å²) in [5, 5.41) is 17.2. The van der Waals surface area contributed by atoms with Crippen molar-refractivity contribution in [2.75, 3.05) is 20.3 Å². The summed E-state index contributed by atoms with van der Waals surface area (Å²) < 4.78 is 83.9. The zero-order valence-electron chi connectivity index (χ0n) is 30.0. The first kappa shape index (κ1) is 41.0. The van der Waals surface area contributed by atoms with Crippen LogP contribution >= 0.6 is 22.9 Å². The number of amides is 1. The average molecular weight is 803 g/mol. The Balaban J connectivity index is 1.52. The number of halogens is 3. The first-order valence-electron chi connectivity index (χ1n) is 17.0. The predicted octanol–water partition coefficient (Wildman–Crippen LogP) is 8.08. The molecule has 3 atom stereocenters. The molecule has 0 aliphatic rings. The van der Waals surface area contributed by atoms with E-state index in [4.69, 9.17) is 4.74 Å². The number of Topliss-reactive ketones (excluding diaryl/α,β-unsaturated/α-hetero) is 1. The molecule has 0 bridgehead atoms. The molecule has 10 nitrogen and oxygen atoms in total. The number of aliphatic hydroxyl groups excluding tert-OH is 1. The highest BCUT2D eigenvalue weighted by atomic mass is 32.2. The van der Waals surface area contributed by atoms with Crippen molar-refractivity contribution in [2.24, 2.45) is 5.41 Å². The third-order valence-corrected chi connectivity index (χ3v) is 12.9. The molecule has 54 heavy (non-hydrogen) atoms. The third kappa shape index (κ3) is 9.71. The fraction of sp³-hybridized carbons (Fsp3) is 0.368. The molecule has 288 valence electrons. The normalized spacial score (nSPS) is 14.3. The van der Waals surface area contributed by atoms with E-state index < -0.39 is 65.0 Å². The van der Waals surface area contributed by atoms with Crippen LogP contribution in [-0.2, 0) is 19.6 Å². The highest BCUT2D eigenvalue weighted by Crippen LogP contribution is 2.44. The van der Waals surface area contributed by atoms with Gasteiger partial charge in [0.25, 0.3) is 0 Å². The lowest BCUT2D eigenvalue weighted by Crippen LogP contribution is -2.46. The van der Waals surface area contributed by atoms with Gasteiger partial charge in [-0.25, -0.2) is 13.2 Å². The van der Waals surface area contributed by atoms with Crippen LogP contribution in [-0.4, -0.2) is 71.8 Å². The van der Waals surface area contributed by atoms with Gasteiger partial charge in [-0.05, 0) is 64.8 Å². The SMILES string of the molecule is COC(=O)N[C@H](C(=O)C[C@H](c1ccc([C@@H](CO)N(CCC(C)(C)C)S(=O)(=O)c2ccc3snnc3c2)s1)C(F)(F)F)C(c1ccccc1)c1ccccc1. The number of nitrogens with one attached hydrogen (secondary N) is 1. The van der Waals surface area contributed by atoms with Crippen molar-refractivity contribution in [3.05, 3.63) is 112 Å². The minimum atomic E-state index is -4.91. The van der Waals surface area contributed by atoms with Gasteiger partial charge in [-0.3, -0.25) is 4.79 Å². The van der Waals surface area contributed by atoms with Gasteiger partial charge < -0.3 is 15.2 Å². The van der Waals surface area contributed by atoms with Crippen molar-refractivity contribution in [1.82, 2.24) is 19.2 Å². The molecule has 1 amide bonds. The topological polar surface area (TPSA) is 139 Å². The molecule has 0 saturated carbocycles. The minimum Gasteiger partial charge on any atom is -0.453 e. The molecule has 0 fully saturated rings. The third-order valence-electron chi connectivity index (χ3n) is 9.00. The van der Waals surface area contributed by atoms with Crippen LogP contribution in [0, 0.1) is 5.41 Å². The van der Waals surface area contributed by atoms with Gasteiger partial charge >= 0.3 is 12.3 Å². The monoisotopic (exact) mass is 802 g/mol. The van der Waals surface area contributed by atoms with Crippen molar-refractivity contribution >= 4 is 55.0 Å². The van der Waals surface area contributed by atoms with Crippen LogP contribution in [0.4, 0.5) is 18.0 Å². The number of ketones is 1.